The Bertz CT molecular complexity index is 548. The largest absolute Gasteiger partial charge is 0.477 e. The van der Waals surface area contributed by atoms with Crippen LogP contribution in [0, 0.1) is 0 Å². The summed E-state index contributed by atoms with van der Waals surface area (Å²) in [6, 6.07) is 7.48. The molecule has 6 heteroatoms. The maximum Gasteiger partial charge on any atom is 0.348 e. The second-order valence-corrected chi connectivity index (χ2v) is 2.99. The molecule has 2 N–H and O–H groups in total. The molecule has 0 bridgehead atoms. The predicted molar refractivity (Wildman–Crippen MR) is 59.3 cm³/mol. The highest BCUT2D eigenvalue weighted by molar-refractivity contribution is 6.22. The fourth-order valence-electron chi connectivity index (χ4n) is 1.26. The van der Waals surface area contributed by atoms with Gasteiger partial charge in [0, 0.05) is 10.8 Å². The second kappa shape index (κ2) is 4.35. The SMILES string of the molecule is O=C(O)/C=N/Nc1nncc2ccccc12. The Hall–Kier alpha value is -2.50. The summed E-state index contributed by atoms with van der Waals surface area (Å²) < 4.78 is 0. The highest BCUT2D eigenvalue weighted by Gasteiger charge is 2.00. The van der Waals surface area contributed by atoms with Gasteiger partial charge in [-0.25, -0.2) is 4.79 Å². The van der Waals surface area contributed by atoms with Crippen molar-refractivity contribution in [1.29, 1.82) is 0 Å². The number of anilines is 1. The fraction of sp³-hybridized carbons (Fsp3) is 0. The lowest BCUT2D eigenvalue weighted by molar-refractivity contribution is -0.128. The molecule has 0 unspecified atom stereocenters. The van der Waals surface area contributed by atoms with Gasteiger partial charge in [-0.05, 0) is 0 Å². The molecule has 0 atom stereocenters. The monoisotopic (exact) mass is 216 g/mol. The number of carboxylic acid groups (broad SMARTS) is 1. The number of fused-ring (bicyclic) bond motifs is 1. The van der Waals surface area contributed by atoms with Gasteiger partial charge >= 0.3 is 5.97 Å². The normalized spacial score (nSPS) is 10.8. The number of benzene rings is 1. The van der Waals surface area contributed by atoms with Crippen LogP contribution >= 0.6 is 0 Å². The van der Waals surface area contributed by atoms with Crippen molar-refractivity contribution in [3.8, 4) is 0 Å². The van der Waals surface area contributed by atoms with Crippen molar-refractivity contribution < 1.29 is 9.90 Å². The van der Waals surface area contributed by atoms with Crippen LogP contribution in [0.5, 0.6) is 0 Å². The van der Waals surface area contributed by atoms with Crippen molar-refractivity contribution in [2.75, 3.05) is 5.43 Å². The number of hydrogen-bond donors (Lipinski definition) is 2. The van der Waals surface area contributed by atoms with Gasteiger partial charge < -0.3 is 5.11 Å². The van der Waals surface area contributed by atoms with Gasteiger partial charge in [-0.1, -0.05) is 24.3 Å². The summed E-state index contributed by atoms with van der Waals surface area (Å²) in [5, 5.41) is 21.2. The number of rotatable bonds is 3. The van der Waals surface area contributed by atoms with E-state index in [1.54, 1.807) is 6.20 Å². The highest BCUT2D eigenvalue weighted by Crippen LogP contribution is 2.18. The molecular formula is C10H8N4O2. The zero-order valence-electron chi connectivity index (χ0n) is 8.16. The van der Waals surface area contributed by atoms with E-state index in [4.69, 9.17) is 5.11 Å². The van der Waals surface area contributed by atoms with Gasteiger partial charge in [0.05, 0.1) is 6.20 Å². The van der Waals surface area contributed by atoms with Crippen LogP contribution in [0.3, 0.4) is 0 Å². The van der Waals surface area contributed by atoms with E-state index in [1.807, 2.05) is 24.3 Å². The summed E-state index contributed by atoms with van der Waals surface area (Å²) in [6.45, 7) is 0. The minimum atomic E-state index is -1.12. The summed E-state index contributed by atoms with van der Waals surface area (Å²) >= 11 is 0. The van der Waals surface area contributed by atoms with Crippen molar-refractivity contribution >= 4 is 28.8 Å². The molecule has 0 aliphatic heterocycles. The molecule has 0 amide bonds. The second-order valence-electron chi connectivity index (χ2n) is 2.99. The lowest BCUT2D eigenvalue weighted by atomic mass is 10.2. The van der Waals surface area contributed by atoms with Crippen molar-refractivity contribution in [2.24, 2.45) is 5.10 Å². The maximum atomic E-state index is 10.2. The molecule has 0 fully saturated rings. The molecule has 0 saturated carbocycles. The van der Waals surface area contributed by atoms with Gasteiger partial charge in [-0.3, -0.25) is 5.43 Å². The van der Waals surface area contributed by atoms with Crippen LogP contribution in [-0.2, 0) is 4.79 Å². The van der Waals surface area contributed by atoms with Crippen molar-refractivity contribution in [2.45, 2.75) is 0 Å². The molecule has 6 nitrogen and oxygen atoms in total. The van der Waals surface area contributed by atoms with Crippen LogP contribution in [0.2, 0.25) is 0 Å². The Labute approximate surface area is 90.6 Å². The van der Waals surface area contributed by atoms with E-state index in [2.05, 4.69) is 20.7 Å². The highest BCUT2D eigenvalue weighted by atomic mass is 16.4. The van der Waals surface area contributed by atoms with Crippen LogP contribution in [0.1, 0.15) is 0 Å². The lowest BCUT2D eigenvalue weighted by Gasteiger charge is -2.01. The number of nitrogens with one attached hydrogen (secondary N) is 1. The average Bonchev–Trinajstić information content (AvgIpc) is 2.29. The zero-order chi connectivity index (χ0) is 11.4. The van der Waals surface area contributed by atoms with Gasteiger partial charge in [-0.2, -0.15) is 10.2 Å². The summed E-state index contributed by atoms with van der Waals surface area (Å²) in [6.07, 6.45) is 2.38. The molecule has 0 aliphatic carbocycles. The summed E-state index contributed by atoms with van der Waals surface area (Å²) in [5.74, 6) is -0.698. The van der Waals surface area contributed by atoms with Crippen LogP contribution < -0.4 is 5.43 Å². The number of nitrogens with zero attached hydrogens (tertiary/aromatic N) is 3. The van der Waals surface area contributed by atoms with Crippen molar-refractivity contribution in [1.82, 2.24) is 10.2 Å². The molecule has 1 aromatic carbocycles. The summed E-state index contributed by atoms with van der Waals surface area (Å²) in [4.78, 5) is 10.2. The van der Waals surface area contributed by atoms with E-state index in [-0.39, 0.29) is 0 Å². The van der Waals surface area contributed by atoms with Gasteiger partial charge in [-0.15, -0.1) is 5.10 Å². The number of hydrazone groups is 1. The number of carboxylic acids is 1. The Morgan fingerprint density at radius 3 is 3.06 bits per heavy atom. The molecule has 1 heterocycles. The molecule has 16 heavy (non-hydrogen) atoms. The van der Waals surface area contributed by atoms with E-state index >= 15 is 0 Å². The molecule has 2 aromatic rings. The van der Waals surface area contributed by atoms with Gasteiger partial charge in [0.2, 0.25) is 0 Å². The quantitative estimate of drug-likeness (QED) is 0.592. The maximum absolute atomic E-state index is 10.2. The Morgan fingerprint density at radius 1 is 1.44 bits per heavy atom. The molecule has 0 saturated heterocycles. The Kier molecular flexibility index (Phi) is 2.73. The fourth-order valence-corrected chi connectivity index (χ4v) is 1.26. The molecule has 0 aliphatic rings. The number of aromatic nitrogens is 2. The first-order valence-corrected chi connectivity index (χ1v) is 4.50. The summed E-state index contributed by atoms with van der Waals surface area (Å²) in [5.41, 5.74) is 2.53. The molecule has 2 rings (SSSR count). The third-order valence-electron chi connectivity index (χ3n) is 1.92. The molecule has 80 valence electrons. The zero-order valence-corrected chi connectivity index (χ0v) is 8.16. The summed E-state index contributed by atoms with van der Waals surface area (Å²) in [7, 11) is 0. The van der Waals surface area contributed by atoms with Crippen molar-refractivity contribution in [3.63, 3.8) is 0 Å². The first kappa shape index (κ1) is 10.0. The molecule has 0 radical (unpaired) electrons. The first-order chi connectivity index (χ1) is 7.77. The van der Waals surface area contributed by atoms with Crippen LogP contribution in [0.15, 0.2) is 35.6 Å². The molecule has 1 aromatic heterocycles. The van der Waals surface area contributed by atoms with E-state index in [0.29, 0.717) is 5.82 Å². The van der Waals surface area contributed by atoms with Crippen LogP contribution in [0.25, 0.3) is 10.8 Å². The van der Waals surface area contributed by atoms with Crippen LogP contribution in [-0.4, -0.2) is 27.5 Å². The van der Waals surface area contributed by atoms with Crippen molar-refractivity contribution in [3.05, 3.63) is 30.5 Å². The molecule has 0 spiro atoms. The number of aliphatic carboxylic acids is 1. The molecular weight excluding hydrogens is 208 g/mol. The average molecular weight is 216 g/mol. The minimum absolute atomic E-state index is 0.426. The lowest BCUT2D eigenvalue weighted by Crippen LogP contribution is -2.00. The van der Waals surface area contributed by atoms with E-state index in [1.165, 1.54) is 0 Å². The third kappa shape index (κ3) is 2.11. The predicted octanol–water partition coefficient (Wildman–Crippen LogP) is 1.11. The Balaban J connectivity index is 2.34. The van der Waals surface area contributed by atoms with E-state index < -0.39 is 5.97 Å². The standard InChI is InChI=1S/C10H8N4O2/c15-9(16)6-12-14-10-8-4-2-1-3-7(8)5-11-13-10/h1-6H,(H,13,14)(H,15,16)/b12-6+. The number of hydrogen-bond acceptors (Lipinski definition) is 5. The van der Waals surface area contributed by atoms with Gasteiger partial charge in [0.15, 0.2) is 5.82 Å². The van der Waals surface area contributed by atoms with Gasteiger partial charge in [0.25, 0.3) is 0 Å². The van der Waals surface area contributed by atoms with E-state index in [9.17, 15) is 4.79 Å². The minimum Gasteiger partial charge on any atom is -0.477 e. The number of carbonyl (C=O) groups is 1. The topological polar surface area (TPSA) is 87.5 Å². The smallest absolute Gasteiger partial charge is 0.348 e. The Morgan fingerprint density at radius 2 is 2.25 bits per heavy atom. The van der Waals surface area contributed by atoms with Crippen LogP contribution in [0.4, 0.5) is 5.82 Å². The third-order valence-corrected chi connectivity index (χ3v) is 1.92. The van der Waals surface area contributed by atoms with Gasteiger partial charge in [0.1, 0.15) is 6.21 Å². The van der Waals surface area contributed by atoms with E-state index in [0.717, 1.165) is 17.0 Å². The first-order valence-electron chi connectivity index (χ1n) is 4.50.